The van der Waals surface area contributed by atoms with E-state index in [0.717, 1.165) is 10.0 Å². The van der Waals surface area contributed by atoms with E-state index in [9.17, 15) is 10.1 Å². The maximum Gasteiger partial charge on any atom is 0.252 e. The molecule has 0 aliphatic heterocycles. The van der Waals surface area contributed by atoms with Gasteiger partial charge >= 0.3 is 0 Å². The third kappa shape index (κ3) is 3.33. The van der Waals surface area contributed by atoms with Crippen LogP contribution in [0.25, 0.3) is 0 Å². The number of aryl methyl sites for hydroxylation is 1. The second kappa shape index (κ2) is 6.01. The van der Waals surface area contributed by atoms with Gasteiger partial charge in [-0.1, -0.05) is 29.8 Å². The van der Waals surface area contributed by atoms with Gasteiger partial charge in [-0.15, -0.1) is 0 Å². The molecule has 0 fully saturated rings. The quantitative estimate of drug-likeness (QED) is 0.924. The number of benzene rings is 1. The van der Waals surface area contributed by atoms with Crippen molar-refractivity contribution in [3.8, 4) is 6.07 Å². The van der Waals surface area contributed by atoms with Gasteiger partial charge in [-0.05, 0) is 43.5 Å². The van der Waals surface area contributed by atoms with Crippen molar-refractivity contribution in [2.75, 3.05) is 0 Å². The lowest BCUT2D eigenvalue weighted by Crippen LogP contribution is -2.46. The predicted octanol–water partition coefficient (Wildman–Crippen LogP) is 3.57. The highest BCUT2D eigenvalue weighted by molar-refractivity contribution is 9.10. The van der Waals surface area contributed by atoms with E-state index in [1.807, 2.05) is 32.9 Å². The lowest BCUT2D eigenvalue weighted by atomic mass is 9.94. The van der Waals surface area contributed by atoms with Gasteiger partial charge in [-0.3, -0.25) is 4.79 Å². The zero-order chi connectivity index (χ0) is 13.8. The molecular weight excluding hydrogens is 292 g/mol. The van der Waals surface area contributed by atoms with Crippen LogP contribution in [0.4, 0.5) is 0 Å². The van der Waals surface area contributed by atoms with Gasteiger partial charge in [0.25, 0.3) is 5.91 Å². The Kier molecular flexibility index (Phi) is 4.92. The number of carbonyl (C=O) groups is 1. The summed E-state index contributed by atoms with van der Waals surface area (Å²) >= 11 is 3.37. The molecule has 0 saturated heterocycles. The number of hydrogen-bond acceptors (Lipinski definition) is 2. The largest absolute Gasteiger partial charge is 0.334 e. The first-order valence-electron chi connectivity index (χ1n) is 5.97. The molecule has 1 aromatic carbocycles. The standard InChI is InChI=1S/C14H17BrN2O/c1-4-14(5-2,9-16)17-13(18)11-6-10(3)7-12(15)8-11/h6-8H,4-5H2,1-3H3,(H,17,18). The van der Waals surface area contributed by atoms with Crippen molar-refractivity contribution in [3.63, 3.8) is 0 Å². The van der Waals surface area contributed by atoms with E-state index in [2.05, 4.69) is 27.3 Å². The first kappa shape index (κ1) is 14.7. The number of amides is 1. The highest BCUT2D eigenvalue weighted by Crippen LogP contribution is 2.18. The SMILES string of the molecule is CCC(C#N)(CC)NC(=O)c1cc(C)cc(Br)c1. The molecule has 0 heterocycles. The summed E-state index contributed by atoms with van der Waals surface area (Å²) in [5, 5.41) is 12.0. The monoisotopic (exact) mass is 308 g/mol. The average molecular weight is 309 g/mol. The van der Waals surface area contributed by atoms with Gasteiger partial charge < -0.3 is 5.32 Å². The van der Waals surface area contributed by atoms with E-state index >= 15 is 0 Å². The van der Waals surface area contributed by atoms with Crippen molar-refractivity contribution in [1.29, 1.82) is 5.26 Å². The van der Waals surface area contributed by atoms with Crippen LogP contribution in [0, 0.1) is 18.3 Å². The molecule has 18 heavy (non-hydrogen) atoms. The maximum atomic E-state index is 12.2. The lowest BCUT2D eigenvalue weighted by molar-refractivity contribution is 0.0915. The fourth-order valence-electron chi connectivity index (χ4n) is 1.77. The number of nitrogens with zero attached hydrogens (tertiary/aromatic N) is 1. The van der Waals surface area contributed by atoms with Crippen LogP contribution >= 0.6 is 15.9 Å². The molecule has 0 saturated carbocycles. The third-order valence-electron chi connectivity index (χ3n) is 3.08. The molecule has 0 atom stereocenters. The Labute approximate surface area is 116 Å². The second-order valence-corrected chi connectivity index (χ2v) is 5.29. The number of rotatable bonds is 4. The average Bonchev–Trinajstić information content (AvgIpc) is 2.35. The Hall–Kier alpha value is -1.34. The highest BCUT2D eigenvalue weighted by atomic mass is 79.9. The number of nitriles is 1. The van der Waals surface area contributed by atoms with Crippen LogP contribution in [0.5, 0.6) is 0 Å². The normalized spacial score (nSPS) is 10.8. The summed E-state index contributed by atoms with van der Waals surface area (Å²) in [6.45, 7) is 5.73. The van der Waals surface area contributed by atoms with Gasteiger partial charge in [-0.25, -0.2) is 0 Å². The molecule has 96 valence electrons. The van der Waals surface area contributed by atoms with E-state index in [-0.39, 0.29) is 5.91 Å². The topological polar surface area (TPSA) is 52.9 Å². The number of nitrogens with one attached hydrogen (secondary N) is 1. The minimum Gasteiger partial charge on any atom is -0.334 e. The Morgan fingerprint density at radius 1 is 1.39 bits per heavy atom. The molecule has 1 amide bonds. The summed E-state index contributed by atoms with van der Waals surface area (Å²) in [4.78, 5) is 12.2. The predicted molar refractivity (Wildman–Crippen MR) is 75.3 cm³/mol. The smallest absolute Gasteiger partial charge is 0.252 e. The molecule has 0 spiro atoms. The fourth-order valence-corrected chi connectivity index (χ4v) is 2.38. The van der Waals surface area contributed by atoms with Crippen LogP contribution in [-0.2, 0) is 0 Å². The molecule has 0 radical (unpaired) electrons. The highest BCUT2D eigenvalue weighted by Gasteiger charge is 2.28. The van der Waals surface area contributed by atoms with Crippen molar-refractivity contribution >= 4 is 21.8 Å². The molecule has 0 aromatic heterocycles. The summed E-state index contributed by atoms with van der Waals surface area (Å²) in [5.74, 6) is -0.204. The van der Waals surface area contributed by atoms with Crippen LogP contribution in [-0.4, -0.2) is 11.4 Å². The van der Waals surface area contributed by atoms with E-state index < -0.39 is 5.54 Å². The Morgan fingerprint density at radius 2 is 2.00 bits per heavy atom. The minimum atomic E-state index is -0.771. The summed E-state index contributed by atoms with van der Waals surface area (Å²) in [6, 6.07) is 7.71. The van der Waals surface area contributed by atoms with E-state index in [0.29, 0.717) is 18.4 Å². The molecule has 1 rings (SSSR count). The zero-order valence-corrected chi connectivity index (χ0v) is 12.5. The van der Waals surface area contributed by atoms with Gasteiger partial charge in [0, 0.05) is 10.0 Å². The molecule has 0 aliphatic rings. The fraction of sp³-hybridized carbons (Fsp3) is 0.429. The second-order valence-electron chi connectivity index (χ2n) is 4.37. The van der Waals surface area contributed by atoms with Crippen LogP contribution < -0.4 is 5.32 Å². The Balaban J connectivity index is 2.98. The van der Waals surface area contributed by atoms with Crippen molar-refractivity contribution < 1.29 is 4.79 Å². The van der Waals surface area contributed by atoms with Gasteiger partial charge in [0.15, 0.2) is 0 Å². The summed E-state index contributed by atoms with van der Waals surface area (Å²) < 4.78 is 0.864. The molecular formula is C14H17BrN2O. The number of carbonyl (C=O) groups excluding carboxylic acids is 1. The van der Waals surface area contributed by atoms with Gasteiger partial charge in [0.05, 0.1) is 6.07 Å². The lowest BCUT2D eigenvalue weighted by Gasteiger charge is -2.25. The van der Waals surface area contributed by atoms with Crippen molar-refractivity contribution in [3.05, 3.63) is 33.8 Å². The molecule has 0 bridgehead atoms. The van der Waals surface area contributed by atoms with E-state index in [1.54, 1.807) is 6.07 Å². The van der Waals surface area contributed by atoms with Gasteiger partial charge in [0.2, 0.25) is 0 Å². The molecule has 0 unspecified atom stereocenters. The Bertz CT molecular complexity index is 467. The Morgan fingerprint density at radius 3 is 2.44 bits per heavy atom. The molecule has 1 aromatic rings. The first-order chi connectivity index (χ1) is 8.46. The molecule has 3 nitrogen and oxygen atoms in total. The first-order valence-corrected chi connectivity index (χ1v) is 6.76. The van der Waals surface area contributed by atoms with E-state index in [4.69, 9.17) is 0 Å². The van der Waals surface area contributed by atoms with Crippen molar-refractivity contribution in [2.45, 2.75) is 39.2 Å². The van der Waals surface area contributed by atoms with E-state index in [1.165, 1.54) is 0 Å². The third-order valence-corrected chi connectivity index (χ3v) is 3.54. The van der Waals surface area contributed by atoms with Crippen molar-refractivity contribution in [2.24, 2.45) is 0 Å². The van der Waals surface area contributed by atoms with Gasteiger partial charge in [0.1, 0.15) is 5.54 Å². The van der Waals surface area contributed by atoms with Crippen LogP contribution in [0.15, 0.2) is 22.7 Å². The van der Waals surface area contributed by atoms with Crippen molar-refractivity contribution in [1.82, 2.24) is 5.32 Å². The zero-order valence-electron chi connectivity index (χ0n) is 10.9. The number of hydrogen-bond donors (Lipinski definition) is 1. The number of halogens is 1. The van der Waals surface area contributed by atoms with Crippen LogP contribution in [0.2, 0.25) is 0 Å². The summed E-state index contributed by atoms with van der Waals surface area (Å²) in [6.07, 6.45) is 1.19. The molecule has 4 heteroatoms. The summed E-state index contributed by atoms with van der Waals surface area (Å²) in [7, 11) is 0. The summed E-state index contributed by atoms with van der Waals surface area (Å²) in [5.41, 5.74) is 0.807. The van der Waals surface area contributed by atoms with Crippen LogP contribution in [0.3, 0.4) is 0 Å². The maximum absolute atomic E-state index is 12.2. The van der Waals surface area contributed by atoms with Crippen LogP contribution in [0.1, 0.15) is 42.6 Å². The molecule has 0 aliphatic carbocycles. The molecule has 1 N–H and O–H groups in total. The van der Waals surface area contributed by atoms with Gasteiger partial charge in [-0.2, -0.15) is 5.26 Å². The minimum absolute atomic E-state index is 0.204.